The molecule has 64 heavy (non-hydrogen) atoms. The normalized spacial score (nSPS) is 13.0. The Morgan fingerprint density at radius 1 is 0.328 bits per heavy atom. The number of hydrogen-bond donors (Lipinski definition) is 0. The van der Waals surface area contributed by atoms with Crippen molar-refractivity contribution in [1.29, 1.82) is 0 Å². The van der Waals surface area contributed by atoms with Crippen LogP contribution >= 0.6 is 0 Å². The van der Waals surface area contributed by atoms with Gasteiger partial charge in [-0.05, 0) is 89.9 Å². The van der Waals surface area contributed by atoms with Crippen LogP contribution in [-0.4, -0.2) is 37.2 Å². The summed E-state index contributed by atoms with van der Waals surface area (Å²) >= 11 is 0. The van der Waals surface area contributed by atoms with E-state index in [0.717, 1.165) is 96.3 Å². The SMILES string of the molecule is CC\C=C/C=C\C=C/C=C\C=C\C=C/C=C\CCCCCC(=O)OCC(COC(=O)CCCCC/C=C\CCCCCCCC)OC(=O)CCCCC/C=C\CCCCCCCCC. The van der Waals surface area contributed by atoms with Gasteiger partial charge in [0.25, 0.3) is 0 Å². The van der Waals surface area contributed by atoms with Crippen LogP contribution in [0.25, 0.3) is 0 Å². The van der Waals surface area contributed by atoms with Crippen LogP contribution in [0.5, 0.6) is 0 Å². The molecular formula is C58H94O6. The van der Waals surface area contributed by atoms with Crippen LogP contribution in [0.3, 0.4) is 0 Å². The minimum atomic E-state index is -0.812. The lowest BCUT2D eigenvalue weighted by Crippen LogP contribution is -2.30. The summed E-state index contributed by atoms with van der Waals surface area (Å²) in [5.41, 5.74) is 0. The van der Waals surface area contributed by atoms with Crippen molar-refractivity contribution in [2.24, 2.45) is 0 Å². The topological polar surface area (TPSA) is 78.9 Å². The average molecular weight is 887 g/mol. The number of unbranched alkanes of at least 4 members (excludes halogenated alkanes) is 22. The second kappa shape index (κ2) is 51.7. The minimum absolute atomic E-state index is 0.109. The second-order valence-corrected chi connectivity index (χ2v) is 16.9. The third-order valence-corrected chi connectivity index (χ3v) is 10.7. The highest BCUT2D eigenvalue weighted by Crippen LogP contribution is 2.13. The fraction of sp³-hybridized carbons (Fsp3) is 0.638. The maximum Gasteiger partial charge on any atom is 0.306 e. The van der Waals surface area contributed by atoms with Gasteiger partial charge in [0.05, 0.1) is 0 Å². The summed E-state index contributed by atoms with van der Waals surface area (Å²) < 4.78 is 16.7. The molecule has 0 aromatic heterocycles. The number of rotatable bonds is 45. The maximum atomic E-state index is 12.8. The molecule has 1 atom stereocenters. The van der Waals surface area contributed by atoms with E-state index < -0.39 is 6.10 Å². The molecule has 0 saturated carbocycles. The van der Waals surface area contributed by atoms with E-state index in [0.29, 0.717) is 19.3 Å². The Morgan fingerprint density at radius 3 is 1.00 bits per heavy atom. The van der Waals surface area contributed by atoms with E-state index in [1.807, 2.05) is 72.9 Å². The van der Waals surface area contributed by atoms with Gasteiger partial charge in [-0.25, -0.2) is 0 Å². The van der Waals surface area contributed by atoms with Gasteiger partial charge in [0.15, 0.2) is 6.10 Å². The second-order valence-electron chi connectivity index (χ2n) is 16.9. The van der Waals surface area contributed by atoms with Crippen LogP contribution in [0.4, 0.5) is 0 Å². The largest absolute Gasteiger partial charge is 0.462 e. The van der Waals surface area contributed by atoms with Gasteiger partial charge in [-0.2, -0.15) is 0 Å². The van der Waals surface area contributed by atoms with Crippen LogP contribution in [0, 0.1) is 0 Å². The van der Waals surface area contributed by atoms with E-state index >= 15 is 0 Å². The number of allylic oxidation sites excluding steroid dienone is 18. The summed E-state index contributed by atoms with van der Waals surface area (Å²) in [5, 5.41) is 0. The Labute approximate surface area is 393 Å². The summed E-state index contributed by atoms with van der Waals surface area (Å²) in [6.07, 6.45) is 69.2. The quantitative estimate of drug-likeness (QED) is 0.0199. The monoisotopic (exact) mass is 887 g/mol. The van der Waals surface area contributed by atoms with E-state index in [-0.39, 0.29) is 31.1 Å². The minimum Gasteiger partial charge on any atom is -0.462 e. The van der Waals surface area contributed by atoms with Gasteiger partial charge in [-0.15, -0.1) is 0 Å². The fourth-order valence-electron chi connectivity index (χ4n) is 6.77. The number of ether oxygens (including phenoxy) is 3. The molecule has 0 aliphatic carbocycles. The molecule has 0 aromatic carbocycles. The third kappa shape index (κ3) is 49.1. The molecule has 6 nitrogen and oxygen atoms in total. The van der Waals surface area contributed by atoms with Gasteiger partial charge in [0.1, 0.15) is 13.2 Å². The lowest BCUT2D eigenvalue weighted by atomic mass is 10.1. The molecule has 0 aliphatic rings. The predicted octanol–water partition coefficient (Wildman–Crippen LogP) is 17.1. The summed E-state index contributed by atoms with van der Waals surface area (Å²) in [4.78, 5) is 38.0. The zero-order valence-electron chi connectivity index (χ0n) is 41.3. The molecule has 0 fully saturated rings. The molecule has 0 amide bonds. The molecule has 0 aliphatic heterocycles. The van der Waals surface area contributed by atoms with Gasteiger partial charge in [0.2, 0.25) is 0 Å². The molecule has 1 unspecified atom stereocenters. The van der Waals surface area contributed by atoms with Crippen molar-refractivity contribution in [3.63, 3.8) is 0 Å². The Morgan fingerprint density at radius 2 is 0.625 bits per heavy atom. The highest BCUT2D eigenvalue weighted by Gasteiger charge is 2.19. The Hall–Kier alpha value is -3.93. The molecule has 6 heteroatoms. The molecule has 0 rings (SSSR count). The Kier molecular flexibility index (Phi) is 48.5. The van der Waals surface area contributed by atoms with Crippen LogP contribution in [0.15, 0.2) is 109 Å². The fourth-order valence-corrected chi connectivity index (χ4v) is 6.77. The summed E-state index contributed by atoms with van der Waals surface area (Å²) in [6.45, 7) is 6.40. The van der Waals surface area contributed by atoms with E-state index in [9.17, 15) is 14.4 Å². The molecule has 0 heterocycles. The lowest BCUT2D eigenvalue weighted by molar-refractivity contribution is -0.167. The van der Waals surface area contributed by atoms with Crippen molar-refractivity contribution in [3.05, 3.63) is 109 Å². The van der Waals surface area contributed by atoms with Crippen molar-refractivity contribution in [1.82, 2.24) is 0 Å². The molecule has 362 valence electrons. The zero-order chi connectivity index (χ0) is 46.5. The molecule has 0 spiro atoms. The highest BCUT2D eigenvalue weighted by molar-refractivity contribution is 5.71. The number of carbonyl (C=O) groups excluding carboxylic acids is 3. The van der Waals surface area contributed by atoms with Gasteiger partial charge in [-0.1, -0.05) is 220 Å². The van der Waals surface area contributed by atoms with Gasteiger partial charge >= 0.3 is 17.9 Å². The molecule has 0 aromatic rings. The summed E-state index contributed by atoms with van der Waals surface area (Å²) in [6, 6.07) is 0. The van der Waals surface area contributed by atoms with Gasteiger partial charge in [0, 0.05) is 19.3 Å². The first-order chi connectivity index (χ1) is 31.5. The van der Waals surface area contributed by atoms with E-state index in [1.165, 1.54) is 83.5 Å². The molecule has 0 bridgehead atoms. The van der Waals surface area contributed by atoms with Gasteiger partial charge in [-0.3, -0.25) is 14.4 Å². The van der Waals surface area contributed by atoms with Crippen molar-refractivity contribution in [2.75, 3.05) is 13.2 Å². The van der Waals surface area contributed by atoms with E-state index in [4.69, 9.17) is 14.2 Å². The Balaban J connectivity index is 4.54. The molecular weight excluding hydrogens is 793 g/mol. The number of hydrogen-bond acceptors (Lipinski definition) is 6. The first kappa shape index (κ1) is 60.1. The lowest BCUT2D eigenvalue weighted by Gasteiger charge is -2.18. The highest BCUT2D eigenvalue weighted by atomic mass is 16.6. The number of esters is 3. The molecule has 0 N–H and O–H groups in total. The van der Waals surface area contributed by atoms with Crippen molar-refractivity contribution < 1.29 is 28.6 Å². The molecule has 0 saturated heterocycles. The van der Waals surface area contributed by atoms with Crippen LogP contribution in [0.2, 0.25) is 0 Å². The molecule has 0 radical (unpaired) electrons. The maximum absolute atomic E-state index is 12.8. The first-order valence-electron chi connectivity index (χ1n) is 26.0. The standard InChI is InChI=1S/C58H94O6/c1-4-7-10-13-16-19-22-25-27-28-29-30-31-34-36-39-42-45-48-51-57(60)63-54-55(53-62-56(59)50-47-44-41-38-35-32-24-21-18-15-12-9-6-3)64-58(61)52-49-46-43-40-37-33-26-23-20-17-14-11-8-5-2/h7,10,13,16,19,22,25,27-37,55H,4-6,8-9,11-12,14-15,17-18,20-21,23-24,26,38-54H2,1-3H3/b10-7-,16-13-,22-19-,27-25-,29-28+,31-30-,35-32-,36-34-,37-33-. The van der Waals surface area contributed by atoms with Crippen molar-refractivity contribution in [3.8, 4) is 0 Å². The Bertz CT molecular complexity index is 1340. The van der Waals surface area contributed by atoms with Crippen molar-refractivity contribution in [2.45, 2.75) is 226 Å². The number of carbonyl (C=O) groups is 3. The third-order valence-electron chi connectivity index (χ3n) is 10.7. The average Bonchev–Trinajstić information content (AvgIpc) is 3.29. The van der Waals surface area contributed by atoms with Crippen LogP contribution in [0.1, 0.15) is 220 Å². The first-order valence-corrected chi connectivity index (χ1v) is 26.0. The summed E-state index contributed by atoms with van der Waals surface area (Å²) in [7, 11) is 0. The van der Waals surface area contributed by atoms with Crippen LogP contribution < -0.4 is 0 Å². The summed E-state index contributed by atoms with van der Waals surface area (Å²) in [5.74, 6) is -0.990. The predicted molar refractivity (Wildman–Crippen MR) is 274 cm³/mol. The van der Waals surface area contributed by atoms with Crippen molar-refractivity contribution >= 4 is 17.9 Å². The van der Waals surface area contributed by atoms with Crippen LogP contribution in [-0.2, 0) is 28.6 Å². The van der Waals surface area contributed by atoms with E-state index in [2.05, 4.69) is 57.2 Å². The van der Waals surface area contributed by atoms with E-state index in [1.54, 1.807) is 0 Å². The zero-order valence-corrected chi connectivity index (χ0v) is 41.3. The van der Waals surface area contributed by atoms with Gasteiger partial charge < -0.3 is 14.2 Å². The smallest absolute Gasteiger partial charge is 0.306 e.